The summed E-state index contributed by atoms with van der Waals surface area (Å²) < 4.78 is 33.1. The highest BCUT2D eigenvalue weighted by molar-refractivity contribution is 7.89. The van der Waals surface area contributed by atoms with Gasteiger partial charge in [-0.15, -0.1) is 0 Å². The molecule has 0 radical (unpaired) electrons. The van der Waals surface area contributed by atoms with Gasteiger partial charge in [-0.25, -0.2) is 13.1 Å². The third kappa shape index (κ3) is 5.50. The normalized spacial score (nSPS) is 18.5. The molecule has 1 aromatic carbocycles. The first-order chi connectivity index (χ1) is 14.2. The van der Waals surface area contributed by atoms with Crippen LogP contribution in [0.2, 0.25) is 0 Å². The van der Waals surface area contributed by atoms with Crippen molar-refractivity contribution in [2.45, 2.75) is 49.6 Å². The van der Waals surface area contributed by atoms with Crippen molar-refractivity contribution in [1.29, 1.82) is 5.41 Å². The number of guanidine groups is 1. The van der Waals surface area contributed by atoms with Gasteiger partial charge in [-0.05, 0) is 51.3 Å². The molecule has 1 aromatic rings. The van der Waals surface area contributed by atoms with E-state index in [9.17, 15) is 13.2 Å². The molecule has 9 nitrogen and oxygen atoms in total. The van der Waals surface area contributed by atoms with E-state index in [4.69, 9.17) is 10.1 Å². The van der Waals surface area contributed by atoms with E-state index in [2.05, 4.69) is 15.4 Å². The van der Waals surface area contributed by atoms with Crippen LogP contribution in [-0.4, -0.2) is 69.6 Å². The van der Waals surface area contributed by atoms with Crippen LogP contribution < -0.4 is 15.4 Å². The lowest BCUT2D eigenvalue weighted by atomic mass is 9.88. The molecule has 0 aromatic heterocycles. The van der Waals surface area contributed by atoms with Crippen molar-refractivity contribution in [3.8, 4) is 0 Å². The van der Waals surface area contributed by atoms with Gasteiger partial charge in [-0.2, -0.15) is 0 Å². The van der Waals surface area contributed by atoms with Crippen molar-refractivity contribution in [2.75, 3.05) is 32.8 Å². The van der Waals surface area contributed by atoms with Crippen molar-refractivity contribution < 1.29 is 17.9 Å². The fourth-order valence-corrected chi connectivity index (χ4v) is 4.83. The van der Waals surface area contributed by atoms with Crippen molar-refractivity contribution >= 4 is 21.9 Å². The van der Waals surface area contributed by atoms with Crippen LogP contribution >= 0.6 is 0 Å². The summed E-state index contributed by atoms with van der Waals surface area (Å²) in [5.41, 5.74) is 0.199. The number of benzene rings is 1. The smallest absolute Gasteiger partial charge is 0.253 e. The molecule has 2 fully saturated rings. The SMILES string of the molecule is CC(C)OCCCNS(=O)(=O)c1cccc(C(=O)N2CCC3(CC2)CNC(=N)N3)c1. The summed E-state index contributed by atoms with van der Waals surface area (Å²) in [6.45, 7) is 6.44. The molecule has 2 heterocycles. The molecule has 30 heavy (non-hydrogen) atoms. The van der Waals surface area contributed by atoms with Crippen LogP contribution in [0.4, 0.5) is 0 Å². The lowest BCUT2D eigenvalue weighted by molar-refractivity contribution is 0.0668. The van der Waals surface area contributed by atoms with Gasteiger partial charge in [0.25, 0.3) is 5.91 Å². The first-order valence-corrected chi connectivity index (χ1v) is 11.8. The van der Waals surface area contributed by atoms with Gasteiger partial charge in [0, 0.05) is 38.3 Å². The summed E-state index contributed by atoms with van der Waals surface area (Å²) in [6, 6.07) is 6.17. The number of piperidine rings is 1. The lowest BCUT2D eigenvalue weighted by Crippen LogP contribution is -2.53. The topological polar surface area (TPSA) is 124 Å². The van der Waals surface area contributed by atoms with Crippen molar-refractivity contribution in [2.24, 2.45) is 0 Å². The third-order valence-corrected chi connectivity index (χ3v) is 6.92. The van der Waals surface area contributed by atoms with E-state index in [1.807, 2.05) is 13.8 Å². The number of sulfonamides is 1. The molecule has 3 rings (SSSR count). The highest BCUT2D eigenvalue weighted by Gasteiger charge is 2.40. The van der Waals surface area contributed by atoms with Gasteiger partial charge < -0.3 is 20.3 Å². The van der Waals surface area contributed by atoms with Crippen molar-refractivity contribution in [3.63, 3.8) is 0 Å². The molecule has 0 saturated carbocycles. The Morgan fingerprint density at radius 2 is 2.07 bits per heavy atom. The van der Waals surface area contributed by atoms with Crippen molar-refractivity contribution in [1.82, 2.24) is 20.3 Å². The summed E-state index contributed by atoms with van der Waals surface area (Å²) in [4.78, 5) is 14.8. The summed E-state index contributed by atoms with van der Waals surface area (Å²) in [5.74, 6) is 0.157. The van der Waals surface area contributed by atoms with E-state index in [1.165, 1.54) is 12.1 Å². The Morgan fingerprint density at radius 1 is 1.33 bits per heavy atom. The van der Waals surface area contributed by atoms with Gasteiger partial charge in [0.05, 0.1) is 16.5 Å². The molecule has 166 valence electrons. The number of hydrogen-bond donors (Lipinski definition) is 4. The predicted molar refractivity (Wildman–Crippen MR) is 114 cm³/mol. The van der Waals surface area contributed by atoms with Crippen LogP contribution in [0.25, 0.3) is 0 Å². The number of likely N-dealkylation sites (tertiary alicyclic amines) is 1. The lowest BCUT2D eigenvalue weighted by Gasteiger charge is -2.38. The van der Waals surface area contributed by atoms with Crippen LogP contribution in [-0.2, 0) is 14.8 Å². The van der Waals surface area contributed by atoms with Gasteiger partial charge in [0.1, 0.15) is 0 Å². The average molecular weight is 438 g/mol. The van der Waals surface area contributed by atoms with Gasteiger partial charge >= 0.3 is 0 Å². The van der Waals surface area contributed by atoms with E-state index < -0.39 is 10.0 Å². The molecule has 2 saturated heterocycles. The fourth-order valence-electron chi connectivity index (χ4n) is 3.71. The van der Waals surface area contributed by atoms with Gasteiger partial charge in [0.15, 0.2) is 5.96 Å². The summed E-state index contributed by atoms with van der Waals surface area (Å²) in [5, 5.41) is 13.8. The van der Waals surface area contributed by atoms with Gasteiger partial charge in [0.2, 0.25) is 10.0 Å². The second-order valence-electron chi connectivity index (χ2n) is 8.12. The van der Waals surface area contributed by atoms with Crippen LogP contribution in [0, 0.1) is 5.41 Å². The number of amides is 1. The second kappa shape index (κ2) is 9.32. The van der Waals surface area contributed by atoms with E-state index in [0.717, 1.165) is 12.8 Å². The zero-order valence-electron chi connectivity index (χ0n) is 17.5. The molecular formula is C20H31N5O4S. The average Bonchev–Trinajstić information content (AvgIpc) is 3.07. The molecule has 0 bridgehead atoms. The Hall–Kier alpha value is -2.17. The van der Waals surface area contributed by atoms with E-state index in [1.54, 1.807) is 17.0 Å². The van der Waals surface area contributed by atoms with E-state index >= 15 is 0 Å². The fraction of sp³-hybridized carbons (Fsp3) is 0.600. The first-order valence-electron chi connectivity index (χ1n) is 10.3. The number of nitrogens with zero attached hydrogens (tertiary/aromatic N) is 1. The summed E-state index contributed by atoms with van der Waals surface area (Å²) >= 11 is 0. The third-order valence-electron chi connectivity index (χ3n) is 5.46. The molecule has 2 aliphatic rings. The van der Waals surface area contributed by atoms with Crippen LogP contribution in [0.3, 0.4) is 0 Å². The zero-order chi connectivity index (χ0) is 21.8. The Kier molecular flexibility index (Phi) is 6.99. The molecule has 1 spiro atoms. The summed E-state index contributed by atoms with van der Waals surface area (Å²) in [7, 11) is -3.69. The number of carbonyl (C=O) groups is 1. The van der Waals surface area contributed by atoms with Crippen LogP contribution in [0.1, 0.15) is 43.5 Å². The minimum atomic E-state index is -3.69. The van der Waals surface area contributed by atoms with E-state index in [0.29, 0.717) is 44.2 Å². The maximum Gasteiger partial charge on any atom is 0.253 e. The van der Waals surface area contributed by atoms with Gasteiger partial charge in [-0.3, -0.25) is 10.2 Å². The number of ether oxygens (including phenoxy) is 1. The number of rotatable bonds is 8. The Balaban J connectivity index is 1.58. The molecule has 1 amide bonds. The number of nitrogens with one attached hydrogen (secondary N) is 4. The Morgan fingerprint density at radius 3 is 2.70 bits per heavy atom. The van der Waals surface area contributed by atoms with Crippen LogP contribution in [0.15, 0.2) is 29.2 Å². The molecule has 10 heteroatoms. The second-order valence-corrected chi connectivity index (χ2v) is 9.89. The van der Waals surface area contributed by atoms with E-state index in [-0.39, 0.29) is 29.0 Å². The highest BCUT2D eigenvalue weighted by atomic mass is 32.2. The maximum absolute atomic E-state index is 12.9. The summed E-state index contributed by atoms with van der Waals surface area (Å²) in [6.07, 6.45) is 2.17. The van der Waals surface area contributed by atoms with Crippen LogP contribution in [0.5, 0.6) is 0 Å². The minimum absolute atomic E-state index is 0.0849. The maximum atomic E-state index is 12.9. The molecular weight excluding hydrogens is 406 g/mol. The molecule has 0 unspecified atom stereocenters. The Labute approximate surface area is 178 Å². The standard InChI is InChI=1S/C20H31N5O4S/c1-15(2)29-12-4-9-23-30(27,28)17-6-3-5-16(13-17)18(26)25-10-7-20(8-11-25)14-22-19(21)24-20/h3,5-6,13,15,23H,4,7-12,14H2,1-2H3,(H3,21,22,24). The largest absolute Gasteiger partial charge is 0.379 e. The quantitative estimate of drug-likeness (QED) is 0.448. The number of hydrogen-bond acceptors (Lipinski definition) is 5. The molecule has 4 N–H and O–H groups in total. The Bertz CT molecular complexity index is 879. The molecule has 0 aliphatic carbocycles. The van der Waals surface area contributed by atoms with Crippen molar-refractivity contribution in [3.05, 3.63) is 29.8 Å². The minimum Gasteiger partial charge on any atom is -0.379 e. The van der Waals surface area contributed by atoms with Gasteiger partial charge in [-0.1, -0.05) is 6.07 Å². The predicted octanol–water partition coefficient (Wildman–Crippen LogP) is 0.882. The number of carbonyl (C=O) groups excluding carboxylic acids is 1. The molecule has 0 atom stereocenters. The monoisotopic (exact) mass is 437 g/mol. The zero-order valence-corrected chi connectivity index (χ0v) is 18.3. The molecule has 2 aliphatic heterocycles. The first kappa shape index (κ1) is 22.5. The highest BCUT2D eigenvalue weighted by Crippen LogP contribution is 2.25.